The highest BCUT2D eigenvalue weighted by Gasteiger charge is 2.57. The van der Waals surface area contributed by atoms with Crippen molar-refractivity contribution in [3.05, 3.63) is 0 Å². The summed E-state index contributed by atoms with van der Waals surface area (Å²) in [5.74, 6) is -5.53. The predicted molar refractivity (Wildman–Crippen MR) is 53.6 cm³/mol. The Bertz CT molecular complexity index is 354. The van der Waals surface area contributed by atoms with Crippen LogP contribution in [-0.4, -0.2) is 30.1 Å². The van der Waals surface area contributed by atoms with Crippen molar-refractivity contribution < 1.29 is 27.9 Å². The fraction of sp³-hybridized carbons (Fsp3) is 0.727. The third-order valence-electron chi connectivity index (χ3n) is 2.79. The molecule has 0 amide bonds. The minimum atomic E-state index is -2.84. The topological polar surface area (TPSA) is 60.4 Å². The average Bonchev–Trinajstić information content (AvgIpc) is 2.14. The molecule has 17 heavy (non-hydrogen) atoms. The van der Waals surface area contributed by atoms with E-state index >= 15 is 0 Å². The van der Waals surface area contributed by atoms with Crippen molar-refractivity contribution in [2.45, 2.75) is 39.0 Å². The summed E-state index contributed by atoms with van der Waals surface area (Å²) >= 11 is 0. The van der Waals surface area contributed by atoms with Crippen LogP contribution in [-0.2, 0) is 19.1 Å². The highest BCUT2D eigenvalue weighted by Crippen LogP contribution is 2.52. The Balaban J connectivity index is 2.51. The second kappa shape index (κ2) is 4.50. The van der Waals surface area contributed by atoms with Gasteiger partial charge in [-0.05, 0) is 6.92 Å². The maximum atomic E-state index is 12.7. The SMILES string of the molecule is CCOC(=O)C(=O)CC(=O)C1(C)CC(F)(F)C1. The van der Waals surface area contributed by atoms with Crippen molar-refractivity contribution in [2.24, 2.45) is 5.41 Å². The van der Waals surface area contributed by atoms with Crippen molar-refractivity contribution in [2.75, 3.05) is 6.61 Å². The van der Waals surface area contributed by atoms with E-state index in [1.807, 2.05) is 0 Å². The largest absolute Gasteiger partial charge is 0.460 e. The lowest BCUT2D eigenvalue weighted by molar-refractivity contribution is -0.174. The van der Waals surface area contributed by atoms with Crippen LogP contribution >= 0.6 is 0 Å². The Kier molecular flexibility index (Phi) is 3.64. The Labute approximate surface area is 97.3 Å². The lowest BCUT2D eigenvalue weighted by atomic mass is 9.64. The summed E-state index contributed by atoms with van der Waals surface area (Å²) in [7, 11) is 0. The molecular formula is C11H14F2O4. The number of carbonyl (C=O) groups excluding carboxylic acids is 3. The van der Waals surface area contributed by atoms with Gasteiger partial charge in [0.1, 0.15) is 5.78 Å². The van der Waals surface area contributed by atoms with Crippen molar-refractivity contribution in [1.82, 2.24) is 0 Å². The number of hydrogen-bond donors (Lipinski definition) is 0. The van der Waals surface area contributed by atoms with Crippen LogP contribution in [0.3, 0.4) is 0 Å². The minimum absolute atomic E-state index is 0.0358. The van der Waals surface area contributed by atoms with Gasteiger partial charge in [0.05, 0.1) is 13.0 Å². The highest BCUT2D eigenvalue weighted by atomic mass is 19.3. The maximum absolute atomic E-state index is 12.7. The van der Waals surface area contributed by atoms with E-state index < -0.39 is 48.1 Å². The second-order valence-electron chi connectivity index (χ2n) is 4.51. The smallest absolute Gasteiger partial charge is 0.375 e. The number of rotatable bonds is 5. The van der Waals surface area contributed by atoms with Crippen LogP contribution in [0.25, 0.3) is 0 Å². The van der Waals surface area contributed by atoms with Gasteiger partial charge in [-0.15, -0.1) is 0 Å². The third-order valence-corrected chi connectivity index (χ3v) is 2.79. The van der Waals surface area contributed by atoms with Gasteiger partial charge in [-0.1, -0.05) is 6.92 Å². The summed E-state index contributed by atoms with van der Waals surface area (Å²) in [6, 6.07) is 0. The van der Waals surface area contributed by atoms with Crippen LogP contribution < -0.4 is 0 Å². The van der Waals surface area contributed by atoms with Gasteiger partial charge >= 0.3 is 5.97 Å². The normalized spacial score (nSPS) is 20.2. The summed E-state index contributed by atoms with van der Waals surface area (Å²) in [6.07, 6.45) is -1.78. The molecule has 0 spiro atoms. The van der Waals surface area contributed by atoms with Gasteiger partial charge in [0.15, 0.2) is 0 Å². The van der Waals surface area contributed by atoms with E-state index in [0.29, 0.717) is 0 Å². The number of Topliss-reactive ketones (excluding diaryl/α,β-unsaturated/α-hetero) is 2. The van der Waals surface area contributed by atoms with Crippen molar-refractivity contribution in [1.29, 1.82) is 0 Å². The number of hydrogen-bond acceptors (Lipinski definition) is 4. The van der Waals surface area contributed by atoms with Crippen LogP contribution in [0.2, 0.25) is 0 Å². The monoisotopic (exact) mass is 248 g/mol. The molecule has 0 saturated heterocycles. The van der Waals surface area contributed by atoms with Crippen molar-refractivity contribution >= 4 is 17.5 Å². The zero-order valence-corrected chi connectivity index (χ0v) is 9.72. The molecule has 6 heteroatoms. The van der Waals surface area contributed by atoms with Crippen LogP contribution in [0.5, 0.6) is 0 Å². The van der Waals surface area contributed by atoms with Crippen molar-refractivity contribution in [3.63, 3.8) is 0 Å². The van der Waals surface area contributed by atoms with Crippen LogP contribution in [0.15, 0.2) is 0 Å². The Morgan fingerprint density at radius 2 is 1.76 bits per heavy atom. The van der Waals surface area contributed by atoms with E-state index in [1.54, 1.807) is 0 Å². The van der Waals surface area contributed by atoms with Gasteiger partial charge in [-0.2, -0.15) is 0 Å². The van der Waals surface area contributed by atoms with E-state index in [-0.39, 0.29) is 6.61 Å². The molecule has 1 saturated carbocycles. The lowest BCUT2D eigenvalue weighted by Crippen LogP contribution is -2.49. The first kappa shape index (κ1) is 13.7. The number of carbonyl (C=O) groups is 3. The first-order chi connectivity index (χ1) is 7.70. The Morgan fingerprint density at radius 3 is 2.18 bits per heavy atom. The number of ketones is 2. The molecule has 0 radical (unpaired) electrons. The summed E-state index contributed by atoms with van der Waals surface area (Å²) in [6.45, 7) is 2.94. The number of halogens is 2. The van der Waals surface area contributed by atoms with Crippen molar-refractivity contribution in [3.8, 4) is 0 Å². The molecule has 0 heterocycles. The van der Waals surface area contributed by atoms with Gasteiger partial charge in [0, 0.05) is 18.3 Å². The molecule has 1 aliphatic rings. The molecule has 1 aliphatic carbocycles. The molecule has 1 rings (SSSR count). The molecule has 0 N–H and O–H groups in total. The van der Waals surface area contributed by atoms with E-state index in [4.69, 9.17) is 0 Å². The molecule has 0 unspecified atom stereocenters. The van der Waals surface area contributed by atoms with E-state index in [1.165, 1.54) is 13.8 Å². The fourth-order valence-electron chi connectivity index (χ4n) is 1.93. The predicted octanol–water partition coefficient (Wildman–Crippen LogP) is 1.51. The number of alkyl halides is 2. The van der Waals surface area contributed by atoms with E-state index in [0.717, 1.165) is 0 Å². The average molecular weight is 248 g/mol. The molecule has 0 aromatic carbocycles. The van der Waals surface area contributed by atoms with Crippen LogP contribution in [0.1, 0.15) is 33.1 Å². The van der Waals surface area contributed by atoms with Gasteiger partial charge in [0.2, 0.25) is 11.7 Å². The quantitative estimate of drug-likeness (QED) is 0.420. The standard InChI is InChI=1S/C11H14F2O4/c1-3-17-9(16)7(14)4-8(15)10(2)5-11(12,13)6-10/h3-6H2,1-2H3. The van der Waals surface area contributed by atoms with E-state index in [9.17, 15) is 23.2 Å². The van der Waals surface area contributed by atoms with E-state index in [2.05, 4.69) is 4.74 Å². The molecule has 0 aliphatic heterocycles. The second-order valence-corrected chi connectivity index (χ2v) is 4.51. The Hall–Kier alpha value is -1.33. The number of ether oxygens (including phenoxy) is 1. The molecule has 0 aromatic rings. The molecule has 0 aromatic heterocycles. The first-order valence-electron chi connectivity index (χ1n) is 5.31. The lowest BCUT2D eigenvalue weighted by Gasteiger charge is -2.43. The molecule has 96 valence electrons. The zero-order valence-electron chi connectivity index (χ0n) is 9.72. The molecule has 0 bridgehead atoms. The molecule has 1 fully saturated rings. The summed E-state index contributed by atoms with van der Waals surface area (Å²) < 4.78 is 29.8. The highest BCUT2D eigenvalue weighted by molar-refractivity contribution is 6.37. The Morgan fingerprint density at radius 1 is 1.24 bits per heavy atom. The van der Waals surface area contributed by atoms with Crippen LogP contribution in [0.4, 0.5) is 8.78 Å². The molecular weight excluding hydrogens is 234 g/mol. The van der Waals surface area contributed by atoms with Gasteiger partial charge in [-0.25, -0.2) is 13.6 Å². The summed E-state index contributed by atoms with van der Waals surface area (Å²) in [4.78, 5) is 33.8. The van der Waals surface area contributed by atoms with Gasteiger partial charge in [-0.3, -0.25) is 9.59 Å². The zero-order chi connectivity index (χ0) is 13.3. The van der Waals surface area contributed by atoms with Gasteiger partial charge < -0.3 is 4.74 Å². The first-order valence-corrected chi connectivity index (χ1v) is 5.31. The fourth-order valence-corrected chi connectivity index (χ4v) is 1.93. The summed E-state index contributed by atoms with van der Waals surface area (Å²) in [5, 5.41) is 0. The minimum Gasteiger partial charge on any atom is -0.460 e. The molecule has 4 nitrogen and oxygen atoms in total. The van der Waals surface area contributed by atoms with Gasteiger partial charge in [0.25, 0.3) is 0 Å². The maximum Gasteiger partial charge on any atom is 0.375 e. The molecule has 0 atom stereocenters. The third kappa shape index (κ3) is 3.08. The number of esters is 1. The van der Waals surface area contributed by atoms with Crippen LogP contribution in [0, 0.1) is 5.41 Å². The summed E-state index contributed by atoms with van der Waals surface area (Å²) in [5.41, 5.74) is -1.19.